The lowest BCUT2D eigenvalue weighted by molar-refractivity contribution is -0.144. The number of ether oxygens (including phenoxy) is 1. The summed E-state index contributed by atoms with van der Waals surface area (Å²) >= 11 is 0. The molecule has 0 spiro atoms. The van der Waals surface area contributed by atoms with Gasteiger partial charge in [0.1, 0.15) is 17.8 Å². The van der Waals surface area contributed by atoms with E-state index in [1.165, 1.54) is 13.2 Å². The highest BCUT2D eigenvalue weighted by atomic mass is 16.5. The van der Waals surface area contributed by atoms with Gasteiger partial charge in [0.15, 0.2) is 5.69 Å². The van der Waals surface area contributed by atoms with Crippen molar-refractivity contribution < 1.29 is 23.6 Å². The van der Waals surface area contributed by atoms with Crippen molar-refractivity contribution in [2.75, 3.05) is 7.11 Å². The molecule has 8 heteroatoms. The predicted octanol–water partition coefficient (Wildman–Crippen LogP) is 1.90. The molecule has 1 heterocycles. The molecule has 1 aromatic heterocycles. The van der Waals surface area contributed by atoms with E-state index in [2.05, 4.69) is 22.4 Å². The summed E-state index contributed by atoms with van der Waals surface area (Å²) in [5, 5.41) is 9.11. The summed E-state index contributed by atoms with van der Waals surface area (Å²) in [4.78, 5) is 37.4. The second-order valence-corrected chi connectivity index (χ2v) is 6.98. The van der Waals surface area contributed by atoms with E-state index in [-0.39, 0.29) is 11.6 Å². The van der Waals surface area contributed by atoms with Crippen molar-refractivity contribution in [3.8, 4) is 0 Å². The molecule has 1 fully saturated rings. The Kier molecular flexibility index (Phi) is 7.15. The minimum absolute atomic E-state index is 0.0147. The fraction of sp³-hybridized carbons (Fsp3) is 0.579. The summed E-state index contributed by atoms with van der Waals surface area (Å²) < 4.78 is 9.66. The van der Waals surface area contributed by atoms with E-state index < -0.39 is 29.9 Å². The maximum absolute atomic E-state index is 12.9. The van der Waals surface area contributed by atoms with E-state index in [1.54, 1.807) is 13.8 Å². The van der Waals surface area contributed by atoms with Crippen LogP contribution in [0.2, 0.25) is 0 Å². The van der Waals surface area contributed by atoms with Crippen LogP contribution in [0.25, 0.3) is 0 Å². The second-order valence-electron chi connectivity index (χ2n) is 6.98. The third kappa shape index (κ3) is 5.42. The number of aromatic nitrogens is 1. The van der Waals surface area contributed by atoms with Crippen molar-refractivity contribution in [2.45, 2.75) is 58.0 Å². The lowest BCUT2D eigenvalue weighted by Gasteiger charge is -2.31. The number of amides is 2. The summed E-state index contributed by atoms with van der Waals surface area (Å²) in [5.74, 6) is -1.03. The van der Waals surface area contributed by atoms with Crippen LogP contribution in [-0.2, 0) is 14.3 Å². The SMILES string of the molecule is C=C(C)[C@H](NC(=O)[C@@H](NC(=O)c1cc(C)on1)C1CCCCC1)C(=O)OC. The van der Waals surface area contributed by atoms with Gasteiger partial charge in [-0.1, -0.05) is 31.0 Å². The van der Waals surface area contributed by atoms with E-state index in [0.29, 0.717) is 11.3 Å². The Morgan fingerprint density at radius 3 is 2.44 bits per heavy atom. The molecule has 1 aliphatic carbocycles. The molecule has 2 N–H and O–H groups in total. The molecule has 0 saturated heterocycles. The number of rotatable bonds is 7. The number of nitrogens with zero attached hydrogens (tertiary/aromatic N) is 1. The monoisotopic (exact) mass is 377 g/mol. The van der Waals surface area contributed by atoms with Crippen LogP contribution < -0.4 is 10.6 Å². The molecule has 27 heavy (non-hydrogen) atoms. The molecule has 1 saturated carbocycles. The van der Waals surface area contributed by atoms with Gasteiger partial charge in [-0.2, -0.15) is 0 Å². The van der Waals surface area contributed by atoms with Crippen LogP contribution in [0, 0.1) is 12.8 Å². The first-order valence-electron chi connectivity index (χ1n) is 9.11. The minimum atomic E-state index is -0.959. The topological polar surface area (TPSA) is 111 Å². The molecule has 2 atom stereocenters. The van der Waals surface area contributed by atoms with Crippen LogP contribution in [0.15, 0.2) is 22.7 Å². The van der Waals surface area contributed by atoms with E-state index >= 15 is 0 Å². The van der Waals surface area contributed by atoms with Crippen molar-refractivity contribution in [1.82, 2.24) is 15.8 Å². The normalized spacial score (nSPS) is 16.9. The van der Waals surface area contributed by atoms with E-state index in [4.69, 9.17) is 9.26 Å². The van der Waals surface area contributed by atoms with Gasteiger partial charge in [-0.05, 0) is 38.2 Å². The standard InChI is InChI=1S/C19H27N3O5/c1-11(2)15(19(25)26-4)20-18(24)16(13-8-6-5-7-9-13)21-17(23)14-10-12(3)27-22-14/h10,13,15-16H,1,5-9H2,2-4H3,(H,20,24)(H,21,23)/t15-,16-/m0/s1. The fourth-order valence-electron chi connectivity index (χ4n) is 3.29. The van der Waals surface area contributed by atoms with Gasteiger partial charge < -0.3 is 19.9 Å². The number of nitrogens with one attached hydrogen (secondary N) is 2. The molecule has 0 unspecified atom stereocenters. The van der Waals surface area contributed by atoms with Crippen molar-refractivity contribution in [3.63, 3.8) is 0 Å². The highest BCUT2D eigenvalue weighted by Gasteiger charge is 2.34. The molecule has 0 aromatic carbocycles. The van der Waals surface area contributed by atoms with Crippen LogP contribution in [0.5, 0.6) is 0 Å². The van der Waals surface area contributed by atoms with Crippen LogP contribution in [-0.4, -0.2) is 42.1 Å². The molecule has 0 bridgehead atoms. The average molecular weight is 377 g/mol. The van der Waals surface area contributed by atoms with Crippen molar-refractivity contribution >= 4 is 17.8 Å². The lowest BCUT2D eigenvalue weighted by atomic mass is 9.83. The Morgan fingerprint density at radius 1 is 1.26 bits per heavy atom. The summed E-state index contributed by atoms with van der Waals surface area (Å²) in [5.41, 5.74) is 0.571. The quantitative estimate of drug-likeness (QED) is 0.555. The molecule has 8 nitrogen and oxygen atoms in total. The molecule has 1 aliphatic rings. The van der Waals surface area contributed by atoms with E-state index in [9.17, 15) is 14.4 Å². The van der Waals surface area contributed by atoms with Crippen molar-refractivity contribution in [2.24, 2.45) is 5.92 Å². The molecule has 2 rings (SSSR count). The maximum atomic E-state index is 12.9. The Balaban J connectivity index is 2.17. The summed E-state index contributed by atoms with van der Waals surface area (Å²) in [6, 6.07) is -0.225. The van der Waals surface area contributed by atoms with Crippen LogP contribution in [0.3, 0.4) is 0 Å². The van der Waals surface area contributed by atoms with Gasteiger partial charge in [0.2, 0.25) is 5.91 Å². The molecule has 2 amide bonds. The van der Waals surface area contributed by atoms with Gasteiger partial charge in [0.25, 0.3) is 5.91 Å². The molecule has 148 valence electrons. The number of aryl methyl sites for hydroxylation is 1. The number of esters is 1. The zero-order valence-corrected chi connectivity index (χ0v) is 16.0. The zero-order chi connectivity index (χ0) is 20.0. The number of methoxy groups -OCH3 is 1. The summed E-state index contributed by atoms with van der Waals surface area (Å²) in [6.45, 7) is 7.05. The highest BCUT2D eigenvalue weighted by molar-refractivity contribution is 5.97. The number of hydrogen-bond donors (Lipinski definition) is 2. The minimum Gasteiger partial charge on any atom is -0.467 e. The van der Waals surface area contributed by atoms with Crippen LogP contribution in [0.1, 0.15) is 55.3 Å². The van der Waals surface area contributed by atoms with Gasteiger partial charge in [-0.3, -0.25) is 9.59 Å². The van der Waals surface area contributed by atoms with Crippen LogP contribution in [0.4, 0.5) is 0 Å². The van der Waals surface area contributed by atoms with Gasteiger partial charge >= 0.3 is 5.97 Å². The first-order valence-corrected chi connectivity index (χ1v) is 9.11. The lowest BCUT2D eigenvalue weighted by Crippen LogP contribution is -2.55. The van der Waals surface area contributed by atoms with Gasteiger partial charge in [0, 0.05) is 6.07 Å². The molecular formula is C19H27N3O5. The van der Waals surface area contributed by atoms with Crippen molar-refractivity contribution in [1.29, 1.82) is 0 Å². The van der Waals surface area contributed by atoms with E-state index in [1.807, 2.05) is 0 Å². The second kappa shape index (κ2) is 9.34. The Labute approximate surface area is 158 Å². The smallest absolute Gasteiger partial charge is 0.332 e. The summed E-state index contributed by atoms with van der Waals surface area (Å²) in [7, 11) is 1.25. The van der Waals surface area contributed by atoms with Crippen LogP contribution >= 0.6 is 0 Å². The largest absolute Gasteiger partial charge is 0.467 e. The first-order chi connectivity index (χ1) is 12.8. The number of carbonyl (C=O) groups excluding carboxylic acids is 3. The molecule has 1 aromatic rings. The predicted molar refractivity (Wildman–Crippen MR) is 97.8 cm³/mol. The summed E-state index contributed by atoms with van der Waals surface area (Å²) in [6.07, 6.45) is 4.75. The third-order valence-electron chi connectivity index (χ3n) is 4.77. The fourth-order valence-corrected chi connectivity index (χ4v) is 3.29. The third-order valence-corrected chi connectivity index (χ3v) is 4.77. The maximum Gasteiger partial charge on any atom is 0.332 e. The van der Waals surface area contributed by atoms with E-state index in [0.717, 1.165) is 32.1 Å². The first kappa shape index (κ1) is 20.7. The Morgan fingerprint density at radius 2 is 1.93 bits per heavy atom. The number of carbonyl (C=O) groups is 3. The van der Waals surface area contributed by atoms with Gasteiger partial charge in [-0.25, -0.2) is 4.79 Å². The molecular weight excluding hydrogens is 350 g/mol. The van der Waals surface area contributed by atoms with Gasteiger partial charge in [0.05, 0.1) is 7.11 Å². The van der Waals surface area contributed by atoms with Crippen molar-refractivity contribution in [3.05, 3.63) is 29.7 Å². The van der Waals surface area contributed by atoms with Gasteiger partial charge in [-0.15, -0.1) is 0 Å². The average Bonchev–Trinajstić information content (AvgIpc) is 3.10. The highest BCUT2D eigenvalue weighted by Crippen LogP contribution is 2.27. The Bertz CT molecular complexity index is 706. The Hall–Kier alpha value is -2.64. The zero-order valence-electron chi connectivity index (χ0n) is 16.0. The molecule has 0 radical (unpaired) electrons. The molecule has 0 aliphatic heterocycles. The number of hydrogen-bond acceptors (Lipinski definition) is 6.